The Balaban J connectivity index is 0.000000845. The standard InChI is InChI=1S/C9H9BrFN.ClH/c10-8-2-1-6(11)5-7(8)9(12)3-4-9;/h1-2,5H,3-4,12H2;1H. The molecule has 2 N–H and O–H groups in total. The molecular formula is C9H10BrClFN. The molecule has 0 radical (unpaired) electrons. The predicted octanol–water partition coefficient (Wildman–Crippen LogP) is 2.96. The normalized spacial score (nSPS) is 17.8. The molecule has 1 nitrogen and oxygen atoms in total. The SMILES string of the molecule is Cl.NC1(c2cc(F)ccc2Br)CC1. The number of hydrogen-bond donors (Lipinski definition) is 1. The zero-order valence-corrected chi connectivity index (χ0v) is 9.29. The highest BCUT2D eigenvalue weighted by atomic mass is 79.9. The van der Waals surface area contributed by atoms with Crippen LogP contribution in [0.2, 0.25) is 0 Å². The van der Waals surface area contributed by atoms with Crippen molar-refractivity contribution in [2.75, 3.05) is 0 Å². The zero-order valence-electron chi connectivity index (χ0n) is 6.89. The van der Waals surface area contributed by atoms with Gasteiger partial charge in [0.15, 0.2) is 0 Å². The summed E-state index contributed by atoms with van der Waals surface area (Å²) in [5, 5.41) is 0. The summed E-state index contributed by atoms with van der Waals surface area (Å²) in [4.78, 5) is 0. The van der Waals surface area contributed by atoms with Crippen LogP contribution in [0.4, 0.5) is 4.39 Å². The summed E-state index contributed by atoms with van der Waals surface area (Å²) in [6.07, 6.45) is 1.91. The maximum absolute atomic E-state index is 12.8. The van der Waals surface area contributed by atoms with Crippen LogP contribution in [0.1, 0.15) is 18.4 Å². The molecule has 1 aromatic rings. The van der Waals surface area contributed by atoms with Crippen LogP contribution >= 0.6 is 28.3 Å². The third-order valence-corrected chi connectivity index (χ3v) is 2.94. The Morgan fingerprint density at radius 2 is 2.00 bits per heavy atom. The largest absolute Gasteiger partial charge is 0.321 e. The van der Waals surface area contributed by atoms with E-state index in [-0.39, 0.29) is 23.8 Å². The van der Waals surface area contributed by atoms with Gasteiger partial charge in [0.05, 0.1) is 0 Å². The smallest absolute Gasteiger partial charge is 0.123 e. The maximum Gasteiger partial charge on any atom is 0.123 e. The van der Waals surface area contributed by atoms with Crippen molar-refractivity contribution in [2.45, 2.75) is 18.4 Å². The van der Waals surface area contributed by atoms with Gasteiger partial charge in [-0.05, 0) is 36.6 Å². The first-order chi connectivity index (χ1) is 5.62. The lowest BCUT2D eigenvalue weighted by atomic mass is 10.1. The number of nitrogens with two attached hydrogens (primary N) is 1. The Hall–Kier alpha value is -0.120. The van der Waals surface area contributed by atoms with Crippen molar-refractivity contribution in [3.8, 4) is 0 Å². The molecule has 72 valence electrons. The first-order valence-electron chi connectivity index (χ1n) is 3.86. The van der Waals surface area contributed by atoms with E-state index in [0.29, 0.717) is 0 Å². The topological polar surface area (TPSA) is 26.0 Å². The fourth-order valence-electron chi connectivity index (χ4n) is 1.28. The molecular weight excluding hydrogens is 256 g/mol. The molecule has 0 aromatic heterocycles. The quantitative estimate of drug-likeness (QED) is 0.831. The third kappa shape index (κ3) is 2.03. The van der Waals surface area contributed by atoms with E-state index in [1.807, 2.05) is 0 Å². The molecule has 0 amide bonds. The number of halogens is 3. The summed E-state index contributed by atoms with van der Waals surface area (Å²) in [6.45, 7) is 0. The summed E-state index contributed by atoms with van der Waals surface area (Å²) in [7, 11) is 0. The molecule has 0 atom stereocenters. The number of rotatable bonds is 1. The van der Waals surface area contributed by atoms with Gasteiger partial charge >= 0.3 is 0 Å². The van der Waals surface area contributed by atoms with Crippen molar-refractivity contribution in [2.24, 2.45) is 5.73 Å². The highest BCUT2D eigenvalue weighted by Gasteiger charge is 2.41. The molecule has 0 spiro atoms. The minimum atomic E-state index is -0.263. The van der Waals surface area contributed by atoms with Gasteiger partial charge in [0.25, 0.3) is 0 Å². The van der Waals surface area contributed by atoms with Gasteiger partial charge in [0, 0.05) is 10.0 Å². The molecule has 0 heterocycles. The molecule has 0 aliphatic heterocycles. The molecule has 0 bridgehead atoms. The van der Waals surface area contributed by atoms with E-state index in [4.69, 9.17) is 5.73 Å². The molecule has 1 saturated carbocycles. The van der Waals surface area contributed by atoms with Gasteiger partial charge in [-0.2, -0.15) is 0 Å². The van der Waals surface area contributed by atoms with Crippen LogP contribution in [0.25, 0.3) is 0 Å². The molecule has 4 heteroatoms. The average Bonchev–Trinajstić information content (AvgIpc) is 2.75. The van der Waals surface area contributed by atoms with E-state index in [1.165, 1.54) is 12.1 Å². The van der Waals surface area contributed by atoms with E-state index in [9.17, 15) is 4.39 Å². The van der Waals surface area contributed by atoms with Crippen LogP contribution in [0.5, 0.6) is 0 Å². The lowest BCUT2D eigenvalue weighted by molar-refractivity contribution is 0.617. The fourth-order valence-corrected chi connectivity index (χ4v) is 1.92. The summed E-state index contributed by atoms with van der Waals surface area (Å²) in [6, 6.07) is 4.65. The molecule has 1 aromatic carbocycles. The minimum Gasteiger partial charge on any atom is -0.321 e. The van der Waals surface area contributed by atoms with Gasteiger partial charge in [-0.15, -0.1) is 12.4 Å². The summed E-state index contributed by atoms with van der Waals surface area (Å²) < 4.78 is 13.7. The monoisotopic (exact) mass is 265 g/mol. The van der Waals surface area contributed by atoms with Crippen LogP contribution in [0, 0.1) is 5.82 Å². The second-order valence-corrected chi connectivity index (χ2v) is 4.13. The highest BCUT2D eigenvalue weighted by Crippen LogP contribution is 2.45. The van der Waals surface area contributed by atoms with Crippen molar-refractivity contribution >= 4 is 28.3 Å². The van der Waals surface area contributed by atoms with E-state index in [1.54, 1.807) is 6.07 Å². The van der Waals surface area contributed by atoms with Crippen LogP contribution in [-0.2, 0) is 5.54 Å². The van der Waals surface area contributed by atoms with Crippen LogP contribution in [0.3, 0.4) is 0 Å². The van der Waals surface area contributed by atoms with Gasteiger partial charge in [-0.25, -0.2) is 4.39 Å². The molecule has 1 aliphatic rings. The average molecular weight is 267 g/mol. The van der Waals surface area contributed by atoms with Gasteiger partial charge in [-0.3, -0.25) is 0 Å². The van der Waals surface area contributed by atoms with E-state index in [2.05, 4.69) is 15.9 Å². The number of hydrogen-bond acceptors (Lipinski definition) is 1. The predicted molar refractivity (Wildman–Crippen MR) is 56.4 cm³/mol. The van der Waals surface area contributed by atoms with Gasteiger partial charge in [0.2, 0.25) is 0 Å². The Morgan fingerprint density at radius 3 is 2.54 bits per heavy atom. The van der Waals surface area contributed by atoms with Crippen molar-refractivity contribution in [1.29, 1.82) is 0 Å². The second-order valence-electron chi connectivity index (χ2n) is 3.28. The van der Waals surface area contributed by atoms with Crippen LogP contribution < -0.4 is 5.73 Å². The van der Waals surface area contributed by atoms with Crippen molar-refractivity contribution in [1.82, 2.24) is 0 Å². The fraction of sp³-hybridized carbons (Fsp3) is 0.333. The summed E-state index contributed by atoms with van der Waals surface area (Å²) in [5.41, 5.74) is 6.57. The van der Waals surface area contributed by atoms with Crippen LogP contribution in [0.15, 0.2) is 22.7 Å². The molecule has 1 aliphatic carbocycles. The molecule has 0 unspecified atom stereocenters. The minimum absolute atomic E-state index is 0. The van der Waals surface area contributed by atoms with E-state index >= 15 is 0 Å². The Kier molecular flexibility index (Phi) is 3.00. The first-order valence-corrected chi connectivity index (χ1v) is 4.65. The van der Waals surface area contributed by atoms with E-state index < -0.39 is 0 Å². The van der Waals surface area contributed by atoms with Crippen LogP contribution in [-0.4, -0.2) is 0 Å². The lowest BCUT2D eigenvalue weighted by Gasteiger charge is -2.10. The molecule has 13 heavy (non-hydrogen) atoms. The Morgan fingerprint density at radius 1 is 1.38 bits per heavy atom. The van der Waals surface area contributed by atoms with Gasteiger partial charge in [0.1, 0.15) is 5.82 Å². The maximum atomic E-state index is 12.8. The summed E-state index contributed by atoms with van der Waals surface area (Å²) in [5.74, 6) is -0.218. The van der Waals surface area contributed by atoms with Gasteiger partial charge < -0.3 is 5.73 Å². The first kappa shape index (κ1) is 11.0. The zero-order chi connectivity index (χ0) is 8.77. The Bertz CT molecular complexity index is 325. The van der Waals surface area contributed by atoms with Crippen molar-refractivity contribution < 1.29 is 4.39 Å². The summed E-state index contributed by atoms with van der Waals surface area (Å²) >= 11 is 3.36. The highest BCUT2D eigenvalue weighted by molar-refractivity contribution is 9.10. The molecule has 2 rings (SSSR count). The molecule has 1 fully saturated rings. The number of benzene rings is 1. The molecule has 0 saturated heterocycles. The third-order valence-electron chi connectivity index (χ3n) is 2.25. The van der Waals surface area contributed by atoms with E-state index in [0.717, 1.165) is 22.9 Å². The Labute approximate surface area is 91.0 Å². The lowest BCUT2D eigenvalue weighted by Crippen LogP contribution is -2.19. The second kappa shape index (κ2) is 3.56. The van der Waals surface area contributed by atoms with Crippen molar-refractivity contribution in [3.63, 3.8) is 0 Å². The van der Waals surface area contributed by atoms with Crippen molar-refractivity contribution in [3.05, 3.63) is 34.1 Å². The van der Waals surface area contributed by atoms with Gasteiger partial charge in [-0.1, -0.05) is 15.9 Å².